The van der Waals surface area contributed by atoms with Crippen LogP contribution in [0, 0.1) is 5.92 Å². The minimum Gasteiger partial charge on any atom is -0.486 e. The molecule has 2 rings (SSSR count). The lowest BCUT2D eigenvalue weighted by Gasteiger charge is -2.19. The van der Waals surface area contributed by atoms with E-state index in [1.807, 2.05) is 0 Å². The highest BCUT2D eigenvalue weighted by atomic mass is 32.2. The fourth-order valence-corrected chi connectivity index (χ4v) is 3.00. The molecule has 0 saturated carbocycles. The Hall–Kier alpha value is -1.56. The van der Waals surface area contributed by atoms with Crippen molar-refractivity contribution in [2.45, 2.75) is 11.8 Å². The predicted molar refractivity (Wildman–Crippen MR) is 69.9 cm³/mol. The molecule has 1 aliphatic rings. The minimum absolute atomic E-state index is 0.228. The molecule has 2 unspecified atom stereocenters. The van der Waals surface area contributed by atoms with Crippen molar-refractivity contribution < 1.29 is 23.2 Å². The summed E-state index contributed by atoms with van der Waals surface area (Å²) in [6, 6.07) is 5.17. The quantitative estimate of drug-likeness (QED) is 0.782. The maximum absolute atomic E-state index is 12.2. The Morgan fingerprint density at radius 1 is 1.37 bits per heavy atom. The van der Waals surface area contributed by atoms with E-state index in [-0.39, 0.29) is 11.7 Å². The van der Waals surface area contributed by atoms with Crippen molar-refractivity contribution in [1.82, 2.24) is 0 Å². The van der Waals surface area contributed by atoms with Crippen LogP contribution in [0.3, 0.4) is 0 Å². The van der Waals surface area contributed by atoms with Crippen molar-refractivity contribution >= 4 is 16.8 Å². The monoisotopic (exact) mass is 284 g/mol. The maximum Gasteiger partial charge on any atom is 0.309 e. The van der Waals surface area contributed by atoms with Crippen LogP contribution in [-0.2, 0) is 20.3 Å². The average Bonchev–Trinajstić information content (AvgIpc) is 2.45. The predicted octanol–water partition coefficient (Wildman–Crippen LogP) is 1.37. The molecule has 1 heterocycles. The highest BCUT2D eigenvalue weighted by Gasteiger charge is 2.19. The number of ether oxygens (including phenoxy) is 3. The number of hydrogen-bond donors (Lipinski definition) is 0. The lowest BCUT2D eigenvalue weighted by molar-refractivity contribution is -0.144. The van der Waals surface area contributed by atoms with Crippen LogP contribution >= 0.6 is 0 Å². The van der Waals surface area contributed by atoms with E-state index in [2.05, 4.69) is 4.74 Å². The summed E-state index contributed by atoms with van der Waals surface area (Å²) in [7, 11) is 0.0551. The van der Waals surface area contributed by atoms with E-state index in [1.165, 1.54) is 7.11 Å². The van der Waals surface area contributed by atoms with Gasteiger partial charge in [-0.2, -0.15) is 0 Å². The number of methoxy groups -OCH3 is 1. The zero-order valence-corrected chi connectivity index (χ0v) is 11.7. The summed E-state index contributed by atoms with van der Waals surface area (Å²) in [4.78, 5) is 11.9. The molecular weight excluding hydrogens is 268 g/mol. The van der Waals surface area contributed by atoms with Crippen LogP contribution in [0.4, 0.5) is 0 Å². The third kappa shape index (κ3) is 3.26. The fourth-order valence-electron chi connectivity index (χ4n) is 1.76. The van der Waals surface area contributed by atoms with Gasteiger partial charge in [0, 0.05) is 16.7 Å². The van der Waals surface area contributed by atoms with Gasteiger partial charge in [-0.3, -0.25) is 9.00 Å². The first-order chi connectivity index (χ1) is 9.11. The van der Waals surface area contributed by atoms with Crippen LogP contribution in [0.1, 0.15) is 6.92 Å². The summed E-state index contributed by atoms with van der Waals surface area (Å²) in [6.45, 7) is 2.71. The molecular formula is C13H16O5S. The van der Waals surface area contributed by atoms with Crippen molar-refractivity contribution in [1.29, 1.82) is 0 Å². The van der Waals surface area contributed by atoms with Crippen molar-refractivity contribution in [2.24, 2.45) is 5.92 Å². The molecule has 2 atom stereocenters. The van der Waals surface area contributed by atoms with Gasteiger partial charge in [-0.25, -0.2) is 0 Å². The molecule has 0 fully saturated rings. The number of carbonyl (C=O) groups excluding carboxylic acids is 1. The second kappa shape index (κ2) is 6.06. The highest BCUT2D eigenvalue weighted by Crippen LogP contribution is 2.32. The van der Waals surface area contributed by atoms with Crippen LogP contribution in [-0.4, -0.2) is 36.3 Å². The summed E-state index contributed by atoms with van der Waals surface area (Å²) in [6.07, 6.45) is 0. The Morgan fingerprint density at radius 2 is 2.05 bits per heavy atom. The molecule has 0 amide bonds. The molecule has 0 saturated heterocycles. The molecule has 1 aliphatic heterocycles. The molecule has 1 aromatic rings. The van der Waals surface area contributed by atoms with Crippen LogP contribution < -0.4 is 9.47 Å². The van der Waals surface area contributed by atoms with Gasteiger partial charge in [0.25, 0.3) is 0 Å². The van der Waals surface area contributed by atoms with E-state index < -0.39 is 16.7 Å². The summed E-state index contributed by atoms with van der Waals surface area (Å²) >= 11 is 0. The fraction of sp³-hybridized carbons (Fsp3) is 0.462. The first kappa shape index (κ1) is 13.9. The number of benzene rings is 1. The van der Waals surface area contributed by atoms with Crippen molar-refractivity contribution in [2.75, 3.05) is 26.1 Å². The third-order valence-corrected chi connectivity index (χ3v) is 4.36. The number of hydrogen-bond acceptors (Lipinski definition) is 5. The van der Waals surface area contributed by atoms with Crippen LogP contribution in [0.5, 0.6) is 11.5 Å². The molecule has 1 aromatic carbocycles. The van der Waals surface area contributed by atoms with Crippen molar-refractivity contribution in [3.63, 3.8) is 0 Å². The summed E-state index contributed by atoms with van der Waals surface area (Å²) in [5.41, 5.74) is 0. The Bertz CT molecular complexity index is 500. The smallest absolute Gasteiger partial charge is 0.309 e. The van der Waals surface area contributed by atoms with Gasteiger partial charge in [0.15, 0.2) is 11.5 Å². The largest absolute Gasteiger partial charge is 0.486 e. The van der Waals surface area contributed by atoms with E-state index in [1.54, 1.807) is 25.1 Å². The first-order valence-electron chi connectivity index (χ1n) is 5.97. The van der Waals surface area contributed by atoms with E-state index in [9.17, 15) is 9.00 Å². The van der Waals surface area contributed by atoms with E-state index >= 15 is 0 Å². The Balaban J connectivity index is 2.09. The number of rotatable bonds is 4. The van der Waals surface area contributed by atoms with Crippen LogP contribution in [0.15, 0.2) is 23.1 Å². The lowest BCUT2D eigenvalue weighted by atomic mass is 10.2. The normalized spacial score (nSPS) is 16.5. The van der Waals surface area contributed by atoms with Crippen molar-refractivity contribution in [3.05, 3.63) is 18.2 Å². The lowest BCUT2D eigenvalue weighted by Crippen LogP contribution is -2.20. The van der Waals surface area contributed by atoms with Crippen LogP contribution in [0.2, 0.25) is 0 Å². The molecule has 0 radical (unpaired) electrons. The summed E-state index contributed by atoms with van der Waals surface area (Å²) in [5, 5.41) is 0. The Kier molecular flexibility index (Phi) is 4.42. The van der Waals surface area contributed by atoms with E-state index in [0.717, 1.165) is 0 Å². The van der Waals surface area contributed by atoms with Crippen LogP contribution in [0.25, 0.3) is 0 Å². The van der Waals surface area contributed by atoms with Gasteiger partial charge in [-0.15, -0.1) is 0 Å². The van der Waals surface area contributed by atoms with Gasteiger partial charge in [0.05, 0.1) is 23.8 Å². The average molecular weight is 284 g/mol. The summed E-state index contributed by atoms with van der Waals surface area (Å²) in [5.74, 6) is 0.729. The molecule has 0 bridgehead atoms. The Morgan fingerprint density at radius 3 is 2.74 bits per heavy atom. The zero-order valence-electron chi connectivity index (χ0n) is 10.9. The molecule has 0 aliphatic carbocycles. The van der Waals surface area contributed by atoms with E-state index in [4.69, 9.17) is 9.47 Å². The molecule has 6 heteroatoms. The minimum atomic E-state index is -1.27. The first-order valence-corrected chi connectivity index (χ1v) is 7.29. The maximum atomic E-state index is 12.2. The molecule has 19 heavy (non-hydrogen) atoms. The number of esters is 1. The van der Waals surface area contributed by atoms with E-state index in [0.29, 0.717) is 29.6 Å². The molecule has 5 nitrogen and oxygen atoms in total. The highest BCUT2D eigenvalue weighted by molar-refractivity contribution is 7.85. The third-order valence-electron chi connectivity index (χ3n) is 2.78. The van der Waals surface area contributed by atoms with Gasteiger partial charge in [-0.05, 0) is 12.1 Å². The summed E-state index contributed by atoms with van der Waals surface area (Å²) < 4.78 is 27.6. The second-order valence-corrected chi connectivity index (χ2v) is 5.74. The molecule has 104 valence electrons. The number of carbonyl (C=O) groups is 1. The topological polar surface area (TPSA) is 61.8 Å². The number of fused-ring (bicyclic) bond motifs is 1. The molecule has 0 N–H and O–H groups in total. The van der Waals surface area contributed by atoms with Gasteiger partial charge in [0.1, 0.15) is 13.2 Å². The van der Waals surface area contributed by atoms with Gasteiger partial charge >= 0.3 is 5.97 Å². The van der Waals surface area contributed by atoms with Crippen molar-refractivity contribution in [3.8, 4) is 11.5 Å². The van der Waals surface area contributed by atoms with Gasteiger partial charge in [0.2, 0.25) is 0 Å². The standard InChI is InChI=1S/C13H16O5S/c1-9(13(14)16-2)8-19(15)10-3-4-11-12(7-10)18-6-5-17-11/h3-4,7,9H,5-6,8H2,1-2H3. The second-order valence-electron chi connectivity index (χ2n) is 4.24. The van der Waals surface area contributed by atoms with Gasteiger partial charge in [-0.1, -0.05) is 6.92 Å². The van der Waals surface area contributed by atoms with Gasteiger partial charge < -0.3 is 14.2 Å². The molecule has 0 spiro atoms. The zero-order chi connectivity index (χ0) is 13.8. The Labute approximate surface area is 114 Å². The SMILES string of the molecule is COC(=O)C(C)CS(=O)c1ccc2c(c1)OCCO2. The molecule has 0 aromatic heterocycles.